The fourth-order valence-electron chi connectivity index (χ4n) is 4.50. The molecule has 3 N–H and O–H groups in total. The van der Waals surface area contributed by atoms with Crippen molar-refractivity contribution in [3.8, 4) is 11.4 Å². The van der Waals surface area contributed by atoms with Crippen molar-refractivity contribution in [2.24, 2.45) is 5.73 Å². The van der Waals surface area contributed by atoms with Gasteiger partial charge in [0.2, 0.25) is 0 Å². The molecule has 0 unspecified atom stereocenters. The summed E-state index contributed by atoms with van der Waals surface area (Å²) >= 11 is 0. The number of hydrogen-bond acceptors (Lipinski definition) is 4. The molecule has 4 aromatic rings. The molecule has 0 spiro atoms. The van der Waals surface area contributed by atoms with Crippen molar-refractivity contribution < 1.29 is 0 Å². The Hall–Kier alpha value is -2.73. The van der Waals surface area contributed by atoms with Gasteiger partial charge >= 0.3 is 0 Å². The van der Waals surface area contributed by atoms with Crippen LogP contribution in [0.25, 0.3) is 33.1 Å². The second-order valence-electron chi connectivity index (χ2n) is 7.97. The van der Waals surface area contributed by atoms with Gasteiger partial charge in [-0.15, -0.1) is 12.4 Å². The van der Waals surface area contributed by atoms with Crippen molar-refractivity contribution >= 4 is 34.1 Å². The van der Waals surface area contributed by atoms with E-state index in [4.69, 9.17) is 10.7 Å². The Labute approximate surface area is 187 Å². The fourth-order valence-corrected chi connectivity index (χ4v) is 4.50. The second-order valence-corrected chi connectivity index (χ2v) is 7.97. The average molecular weight is 435 g/mol. The van der Waals surface area contributed by atoms with Gasteiger partial charge in [0.25, 0.3) is 5.56 Å². The molecule has 5 nitrogen and oxygen atoms in total. The molecule has 31 heavy (non-hydrogen) atoms. The summed E-state index contributed by atoms with van der Waals surface area (Å²) in [6.07, 6.45) is 3.33. The lowest BCUT2D eigenvalue weighted by atomic mass is 10.00. The number of halogens is 1. The van der Waals surface area contributed by atoms with Gasteiger partial charge in [0.1, 0.15) is 0 Å². The highest BCUT2D eigenvalue weighted by Gasteiger charge is 2.26. The minimum atomic E-state index is 0. The molecule has 2 aromatic heterocycles. The number of para-hydroxylation sites is 1. The molecule has 0 atom stereocenters. The maximum Gasteiger partial charge on any atom is 0.259 e. The smallest absolute Gasteiger partial charge is 0.259 e. The zero-order valence-electron chi connectivity index (χ0n) is 17.4. The number of pyridine rings is 2. The van der Waals surface area contributed by atoms with E-state index in [1.165, 1.54) is 5.56 Å². The third kappa shape index (κ3) is 3.85. The van der Waals surface area contributed by atoms with Crippen LogP contribution in [0.3, 0.4) is 0 Å². The number of nitrogens with one attached hydrogen (secondary N) is 1. The third-order valence-electron chi connectivity index (χ3n) is 6.05. The predicted molar refractivity (Wildman–Crippen MR) is 130 cm³/mol. The fraction of sp³-hybridized carbons (Fsp3) is 0.280. The number of aromatic nitrogens is 2. The molecule has 1 aliphatic rings. The van der Waals surface area contributed by atoms with Gasteiger partial charge in [-0.25, -0.2) is 4.98 Å². The monoisotopic (exact) mass is 434 g/mol. The first-order valence-electron chi connectivity index (χ1n) is 10.7. The Morgan fingerprint density at radius 1 is 1.00 bits per heavy atom. The van der Waals surface area contributed by atoms with Crippen molar-refractivity contribution in [3.05, 3.63) is 76.1 Å². The summed E-state index contributed by atoms with van der Waals surface area (Å²) in [6, 6.07) is 18.2. The molecule has 0 saturated heterocycles. The van der Waals surface area contributed by atoms with Crippen LogP contribution in [0, 0.1) is 0 Å². The first kappa shape index (κ1) is 21.5. The number of nitrogens with zero attached hydrogens (tertiary/aromatic N) is 2. The molecule has 3 heterocycles. The quantitative estimate of drug-likeness (QED) is 0.376. The summed E-state index contributed by atoms with van der Waals surface area (Å²) in [4.78, 5) is 18.1. The van der Waals surface area contributed by atoms with Gasteiger partial charge in [-0.2, -0.15) is 0 Å². The lowest BCUT2D eigenvalue weighted by molar-refractivity contribution is 0.605. The van der Waals surface area contributed by atoms with Crippen LogP contribution >= 0.6 is 12.4 Å². The second kappa shape index (κ2) is 9.18. The Morgan fingerprint density at radius 3 is 2.61 bits per heavy atom. The van der Waals surface area contributed by atoms with Gasteiger partial charge in [0.15, 0.2) is 0 Å². The average Bonchev–Trinajstić information content (AvgIpc) is 3.14. The zero-order chi connectivity index (χ0) is 20.5. The van der Waals surface area contributed by atoms with Gasteiger partial charge in [0.05, 0.1) is 23.4 Å². The normalized spacial score (nSPS) is 12.0. The van der Waals surface area contributed by atoms with Crippen LogP contribution in [0.4, 0.5) is 0 Å². The van der Waals surface area contributed by atoms with Crippen LogP contribution in [0.5, 0.6) is 0 Å². The highest BCUT2D eigenvalue weighted by atomic mass is 35.5. The lowest BCUT2D eigenvalue weighted by Crippen LogP contribution is -2.20. The Bertz CT molecular complexity index is 1300. The number of rotatable bonds is 7. The van der Waals surface area contributed by atoms with Crippen LogP contribution in [-0.4, -0.2) is 22.6 Å². The molecule has 0 radical (unpaired) electrons. The summed E-state index contributed by atoms with van der Waals surface area (Å²) < 4.78 is 1.88. The standard InChI is InChI=1S/C25H26N4O.ClH/c26-12-6-1-7-13-27-15-20-19-10-4-5-11-22(19)28-24-21(20)16-29-23(24)14-17-8-2-3-9-18(17)25(29)30;/h2-5,8-11,14,27H,1,6-7,12-13,15-16,26H2;1H. The van der Waals surface area contributed by atoms with Crippen molar-refractivity contribution in [2.75, 3.05) is 13.1 Å². The number of nitrogens with two attached hydrogens (primary N) is 1. The molecule has 0 saturated carbocycles. The molecule has 160 valence electrons. The number of hydrogen-bond donors (Lipinski definition) is 2. The van der Waals surface area contributed by atoms with Crippen molar-refractivity contribution in [1.29, 1.82) is 0 Å². The highest BCUT2D eigenvalue weighted by molar-refractivity contribution is 5.91. The topological polar surface area (TPSA) is 72.9 Å². The summed E-state index contributed by atoms with van der Waals surface area (Å²) in [5, 5.41) is 6.49. The van der Waals surface area contributed by atoms with E-state index in [0.29, 0.717) is 6.54 Å². The SMILES string of the molecule is Cl.NCCCCCNCc1c2c(nc3ccccc13)-c1cc3ccccc3c(=O)n1C2. The van der Waals surface area contributed by atoms with E-state index in [1.807, 2.05) is 34.9 Å². The van der Waals surface area contributed by atoms with Gasteiger partial charge in [0, 0.05) is 22.9 Å². The summed E-state index contributed by atoms with van der Waals surface area (Å²) in [7, 11) is 0. The minimum Gasteiger partial charge on any atom is -0.330 e. The van der Waals surface area contributed by atoms with Crippen LogP contribution in [0.15, 0.2) is 59.4 Å². The van der Waals surface area contributed by atoms with Gasteiger partial charge in [-0.05, 0) is 55.1 Å². The molecule has 0 bridgehead atoms. The van der Waals surface area contributed by atoms with Crippen LogP contribution < -0.4 is 16.6 Å². The number of fused-ring (bicyclic) bond motifs is 5. The highest BCUT2D eigenvalue weighted by Crippen LogP contribution is 2.36. The van der Waals surface area contributed by atoms with E-state index in [1.54, 1.807) is 0 Å². The van der Waals surface area contributed by atoms with Crippen molar-refractivity contribution in [3.63, 3.8) is 0 Å². The molecular formula is C25H27ClN4O. The summed E-state index contributed by atoms with van der Waals surface area (Å²) in [5.41, 5.74) is 10.9. The van der Waals surface area contributed by atoms with E-state index >= 15 is 0 Å². The first-order chi connectivity index (χ1) is 14.8. The molecule has 1 aliphatic heterocycles. The van der Waals surface area contributed by atoms with E-state index in [2.05, 4.69) is 29.6 Å². The summed E-state index contributed by atoms with van der Waals surface area (Å²) in [6.45, 7) is 3.07. The van der Waals surface area contributed by atoms with Gasteiger partial charge < -0.3 is 15.6 Å². The molecule has 6 heteroatoms. The maximum absolute atomic E-state index is 13.2. The van der Waals surface area contributed by atoms with Crippen molar-refractivity contribution in [2.45, 2.75) is 32.4 Å². The Morgan fingerprint density at radius 2 is 1.77 bits per heavy atom. The number of benzene rings is 2. The predicted octanol–water partition coefficient (Wildman–Crippen LogP) is 4.22. The largest absolute Gasteiger partial charge is 0.330 e. The zero-order valence-corrected chi connectivity index (χ0v) is 18.3. The first-order valence-corrected chi connectivity index (χ1v) is 10.7. The van der Waals surface area contributed by atoms with E-state index in [-0.39, 0.29) is 18.0 Å². The molecular weight excluding hydrogens is 408 g/mol. The summed E-state index contributed by atoms with van der Waals surface area (Å²) in [5.74, 6) is 0. The molecule has 2 aromatic carbocycles. The molecule has 0 fully saturated rings. The van der Waals surface area contributed by atoms with E-state index in [9.17, 15) is 4.79 Å². The Balaban J connectivity index is 0.00000231. The van der Waals surface area contributed by atoms with Crippen LogP contribution in [-0.2, 0) is 13.1 Å². The van der Waals surface area contributed by atoms with Gasteiger partial charge in [-0.3, -0.25) is 4.79 Å². The molecule has 5 rings (SSSR count). The maximum atomic E-state index is 13.2. The minimum absolute atomic E-state index is 0. The third-order valence-corrected chi connectivity index (χ3v) is 6.05. The number of unbranched alkanes of at least 4 members (excludes halogenated alkanes) is 2. The van der Waals surface area contributed by atoms with E-state index in [0.717, 1.165) is 77.5 Å². The van der Waals surface area contributed by atoms with Crippen LogP contribution in [0.2, 0.25) is 0 Å². The molecule has 0 aliphatic carbocycles. The Kier molecular flexibility index (Phi) is 6.37. The van der Waals surface area contributed by atoms with Crippen LogP contribution in [0.1, 0.15) is 30.4 Å². The lowest BCUT2D eigenvalue weighted by Gasteiger charge is -2.13. The molecule has 0 amide bonds. The van der Waals surface area contributed by atoms with E-state index < -0.39 is 0 Å². The van der Waals surface area contributed by atoms with Gasteiger partial charge in [-0.1, -0.05) is 42.8 Å². The van der Waals surface area contributed by atoms with Crippen molar-refractivity contribution in [1.82, 2.24) is 14.9 Å².